The van der Waals surface area contributed by atoms with E-state index >= 15 is 0 Å². The van der Waals surface area contributed by atoms with E-state index in [1.807, 2.05) is 20.2 Å². The van der Waals surface area contributed by atoms with Gasteiger partial charge < -0.3 is 20.8 Å². The number of aromatic hydroxyl groups is 1. The van der Waals surface area contributed by atoms with E-state index in [0.29, 0.717) is 6.42 Å². The van der Waals surface area contributed by atoms with E-state index in [1.54, 1.807) is 19.0 Å². The average molecular weight is 486 g/mol. The van der Waals surface area contributed by atoms with Crippen molar-refractivity contribution in [2.75, 3.05) is 34.7 Å². The first kappa shape index (κ1) is 25.5. The highest BCUT2D eigenvalue weighted by Crippen LogP contribution is 2.52. The molecule has 0 radical (unpaired) electrons. The van der Waals surface area contributed by atoms with Crippen molar-refractivity contribution in [3.05, 3.63) is 28.8 Å². The maximum absolute atomic E-state index is 13.8. The first-order valence-corrected chi connectivity index (χ1v) is 12.2. The Kier molecular flexibility index (Phi) is 6.63. The third-order valence-electron chi connectivity index (χ3n) is 8.22. The van der Waals surface area contributed by atoms with Gasteiger partial charge in [0.05, 0.1) is 17.5 Å². The monoisotopic (exact) mass is 485 g/mol. The second kappa shape index (κ2) is 9.11. The van der Waals surface area contributed by atoms with Crippen LogP contribution in [0.1, 0.15) is 40.7 Å². The highest BCUT2D eigenvalue weighted by Gasteiger charge is 2.64. The van der Waals surface area contributed by atoms with Gasteiger partial charge in [0.15, 0.2) is 17.3 Å². The molecular formula is C26H35N3O6. The summed E-state index contributed by atoms with van der Waals surface area (Å²) in [5.74, 6) is -6.19. The number of amides is 1. The van der Waals surface area contributed by atoms with Crippen LogP contribution >= 0.6 is 0 Å². The van der Waals surface area contributed by atoms with Gasteiger partial charge in [-0.3, -0.25) is 24.1 Å². The topological polar surface area (TPSA) is 141 Å². The van der Waals surface area contributed by atoms with Gasteiger partial charge in [0.2, 0.25) is 5.91 Å². The molecule has 4 rings (SSSR count). The van der Waals surface area contributed by atoms with Crippen molar-refractivity contribution in [2.45, 2.75) is 43.7 Å². The molecule has 0 bridgehead atoms. The molecule has 0 saturated heterocycles. The number of benzene rings is 1. The third kappa shape index (κ3) is 4.09. The van der Waals surface area contributed by atoms with E-state index in [4.69, 9.17) is 5.73 Å². The predicted octanol–water partition coefficient (Wildman–Crippen LogP) is 0.182. The molecule has 1 aromatic rings. The molecule has 9 nitrogen and oxygen atoms in total. The molecule has 6 atom stereocenters. The maximum Gasteiger partial charge on any atom is 0.228 e. The van der Waals surface area contributed by atoms with Crippen LogP contribution in [0, 0.1) is 23.7 Å². The summed E-state index contributed by atoms with van der Waals surface area (Å²) in [5.41, 5.74) is 5.33. The van der Waals surface area contributed by atoms with Crippen molar-refractivity contribution in [1.29, 1.82) is 0 Å². The van der Waals surface area contributed by atoms with Gasteiger partial charge in [-0.05, 0) is 83.5 Å². The number of Topliss-reactive ketones (excluding diaryl/α,β-unsaturated/α-hetero) is 3. The van der Waals surface area contributed by atoms with E-state index in [-0.39, 0.29) is 17.7 Å². The summed E-state index contributed by atoms with van der Waals surface area (Å²) in [6.45, 7) is 0.872. The molecule has 3 aliphatic carbocycles. The number of phenols is 1. The molecule has 6 unspecified atom stereocenters. The van der Waals surface area contributed by atoms with E-state index < -0.39 is 65.0 Å². The smallest absolute Gasteiger partial charge is 0.228 e. The lowest BCUT2D eigenvalue weighted by molar-refractivity contribution is -0.176. The van der Waals surface area contributed by atoms with Crippen molar-refractivity contribution >= 4 is 23.3 Å². The third-order valence-corrected chi connectivity index (χ3v) is 8.22. The van der Waals surface area contributed by atoms with Crippen LogP contribution in [-0.2, 0) is 27.2 Å². The molecule has 0 aromatic heterocycles. The van der Waals surface area contributed by atoms with Gasteiger partial charge in [0, 0.05) is 12.3 Å². The number of aliphatic hydroxyl groups is 1. The van der Waals surface area contributed by atoms with Gasteiger partial charge in [-0.15, -0.1) is 0 Å². The number of hydrogen-bond acceptors (Lipinski definition) is 8. The summed E-state index contributed by atoms with van der Waals surface area (Å²) >= 11 is 0. The fourth-order valence-electron chi connectivity index (χ4n) is 6.60. The fourth-order valence-corrected chi connectivity index (χ4v) is 6.60. The molecule has 3 aliphatic rings. The summed E-state index contributed by atoms with van der Waals surface area (Å²) in [5, 5.41) is 22.2. The molecule has 2 saturated carbocycles. The van der Waals surface area contributed by atoms with Gasteiger partial charge >= 0.3 is 0 Å². The largest absolute Gasteiger partial charge is 0.507 e. The van der Waals surface area contributed by atoms with Crippen LogP contribution in [0.25, 0.3) is 0 Å². The number of nitrogens with two attached hydrogens (primary N) is 1. The van der Waals surface area contributed by atoms with E-state index in [9.17, 15) is 29.4 Å². The molecule has 190 valence electrons. The highest BCUT2D eigenvalue weighted by atomic mass is 16.3. The van der Waals surface area contributed by atoms with Crippen LogP contribution in [0.15, 0.2) is 12.1 Å². The number of primary amides is 1. The summed E-state index contributed by atoms with van der Waals surface area (Å²) in [6, 6.07) is 2.47. The average Bonchev–Trinajstić information content (AvgIpc) is 2.76. The zero-order valence-electron chi connectivity index (χ0n) is 20.8. The van der Waals surface area contributed by atoms with Crippen LogP contribution in [0.4, 0.5) is 0 Å². The molecule has 4 N–H and O–H groups in total. The minimum Gasteiger partial charge on any atom is -0.507 e. The summed E-state index contributed by atoms with van der Waals surface area (Å²) in [6.07, 6.45) is 1.88. The Labute approximate surface area is 205 Å². The summed E-state index contributed by atoms with van der Waals surface area (Å²) < 4.78 is 0. The lowest BCUT2D eigenvalue weighted by Crippen LogP contribution is -2.69. The molecule has 2 fully saturated rings. The van der Waals surface area contributed by atoms with Crippen LogP contribution in [0.2, 0.25) is 0 Å². The second-order valence-corrected chi connectivity index (χ2v) is 10.9. The van der Waals surface area contributed by atoms with Crippen LogP contribution < -0.4 is 5.73 Å². The van der Waals surface area contributed by atoms with Crippen molar-refractivity contribution < 1.29 is 29.4 Å². The highest BCUT2D eigenvalue weighted by molar-refractivity contribution is 6.17. The number of fused-ring (bicyclic) bond motifs is 3. The number of phenolic OH excluding ortho intramolecular Hbond substituents is 1. The van der Waals surface area contributed by atoms with Gasteiger partial charge in [-0.1, -0.05) is 6.07 Å². The van der Waals surface area contributed by atoms with E-state index in [1.165, 1.54) is 6.07 Å². The summed E-state index contributed by atoms with van der Waals surface area (Å²) in [7, 11) is 7.32. The summed E-state index contributed by atoms with van der Waals surface area (Å²) in [4.78, 5) is 56.3. The normalized spacial score (nSPS) is 32.4. The van der Waals surface area contributed by atoms with Crippen molar-refractivity contribution in [2.24, 2.45) is 29.4 Å². The number of carbonyl (C=O) groups excluding carboxylic acids is 4. The lowest BCUT2D eigenvalue weighted by atomic mass is 9.52. The van der Waals surface area contributed by atoms with Crippen molar-refractivity contribution in [3.63, 3.8) is 0 Å². The first-order valence-electron chi connectivity index (χ1n) is 12.2. The number of nitrogens with zero attached hydrogens (tertiary/aromatic N) is 2. The Morgan fingerprint density at radius 2 is 1.86 bits per heavy atom. The first-order chi connectivity index (χ1) is 16.4. The quantitative estimate of drug-likeness (QED) is 0.485. The molecular weight excluding hydrogens is 450 g/mol. The number of rotatable bonds is 6. The molecule has 0 spiro atoms. The molecule has 9 heteroatoms. The van der Waals surface area contributed by atoms with Gasteiger partial charge in [-0.25, -0.2) is 0 Å². The Bertz CT molecular complexity index is 1080. The maximum atomic E-state index is 13.8. The van der Waals surface area contributed by atoms with Crippen LogP contribution in [-0.4, -0.2) is 89.6 Å². The Morgan fingerprint density at radius 3 is 2.46 bits per heavy atom. The minimum absolute atomic E-state index is 0.159. The minimum atomic E-state index is -2.02. The zero-order valence-corrected chi connectivity index (χ0v) is 20.8. The van der Waals surface area contributed by atoms with E-state index in [2.05, 4.69) is 4.90 Å². The molecule has 1 aromatic carbocycles. The van der Waals surface area contributed by atoms with E-state index in [0.717, 1.165) is 30.5 Å². The van der Waals surface area contributed by atoms with Gasteiger partial charge in [-0.2, -0.15) is 0 Å². The Balaban J connectivity index is 1.75. The van der Waals surface area contributed by atoms with Crippen molar-refractivity contribution in [3.8, 4) is 5.75 Å². The lowest BCUT2D eigenvalue weighted by Gasteiger charge is -2.53. The molecule has 1 amide bonds. The van der Waals surface area contributed by atoms with Crippen molar-refractivity contribution in [1.82, 2.24) is 9.80 Å². The van der Waals surface area contributed by atoms with Crippen LogP contribution in [0.5, 0.6) is 5.75 Å². The number of hydrogen-bond donors (Lipinski definition) is 3. The predicted molar refractivity (Wildman–Crippen MR) is 128 cm³/mol. The Morgan fingerprint density at radius 1 is 1.17 bits per heavy atom. The SMILES string of the molecule is CN(C)CCCc1ccc(O)c2c1CC1CC3C(N(C)C)C(=O)C(C(N)=O)CC3(O)C(=O)C1C2=O. The standard InChI is InChI=1S/C26H35N3O6/c1-28(2)9-5-6-13-7-8-18(30)20-15(13)10-14-11-17-21(29(3)4)22(31)16(25(27)34)12-26(17,35)24(33)19(14)23(20)32/h7-8,14,16-17,19,21,30,35H,5-6,9-12H2,1-4H3,(H2,27,34). The van der Waals surface area contributed by atoms with Crippen LogP contribution in [0.3, 0.4) is 0 Å². The second-order valence-electron chi connectivity index (χ2n) is 10.9. The molecule has 0 aliphatic heterocycles. The molecule has 35 heavy (non-hydrogen) atoms. The van der Waals surface area contributed by atoms with Gasteiger partial charge in [0.25, 0.3) is 0 Å². The number of likely N-dealkylation sites (N-methyl/N-ethyl adjacent to an activating group) is 1. The zero-order chi connectivity index (χ0) is 25.8. The fraction of sp³-hybridized carbons (Fsp3) is 0.615. The number of ketones is 3. The molecule has 0 heterocycles. The van der Waals surface area contributed by atoms with Gasteiger partial charge in [0.1, 0.15) is 17.3 Å². The Hall–Kier alpha value is -2.62. The number of aryl methyl sites for hydroxylation is 1. The number of carbonyl (C=O) groups is 4.